The molecule has 0 unspecified atom stereocenters. The zero-order valence-electron chi connectivity index (χ0n) is 26.9. The molecule has 0 amide bonds. The van der Waals surface area contributed by atoms with Crippen LogP contribution in [0, 0.1) is 29.5 Å². The third-order valence-electron chi connectivity index (χ3n) is 11.6. The molecule has 7 atom stereocenters. The largest absolute Gasteiger partial charge is 0.490 e. The standard InChI is InChI=1S/C35H42ClFN2O7S/c1-20(21(2)47(38,43)44)24-13-25(14-24)35(18-40,45-3)27-8-6-23(27)16-39-17-34(12-4-5-26-28(34)9-10-29(36)32(26)37)19-46-31-11-7-22(33(41)42)15-30(31)39/h7,9-11,13,15,18,20-21,23-24,27H,4-6,8,12,14,16-17,19H2,1-3H3,(H,41,42)(H2,38,43,44)/t20-,21-,23+,24+,27-,34+,35+/m1/s1. The highest BCUT2D eigenvalue weighted by Crippen LogP contribution is 2.53. The number of carbonyl (C=O) groups is 2. The summed E-state index contributed by atoms with van der Waals surface area (Å²) in [5.74, 6) is -1.30. The highest BCUT2D eigenvalue weighted by molar-refractivity contribution is 7.89. The third-order valence-corrected chi connectivity index (χ3v) is 13.4. The molecule has 0 bridgehead atoms. The van der Waals surface area contributed by atoms with Gasteiger partial charge in [-0.1, -0.05) is 30.7 Å². The topological polar surface area (TPSA) is 136 Å². The average Bonchev–Trinajstić information content (AvgIpc) is 3.15. The molecule has 47 heavy (non-hydrogen) atoms. The Bertz CT molecular complexity index is 1730. The van der Waals surface area contributed by atoms with Gasteiger partial charge in [-0.3, -0.25) is 4.79 Å². The summed E-state index contributed by atoms with van der Waals surface area (Å²) >= 11 is 6.19. The van der Waals surface area contributed by atoms with Gasteiger partial charge in [-0.05, 0) is 104 Å². The van der Waals surface area contributed by atoms with Gasteiger partial charge < -0.3 is 19.5 Å². The summed E-state index contributed by atoms with van der Waals surface area (Å²) in [7, 11) is -2.17. The number of halogens is 2. The molecule has 1 saturated carbocycles. The van der Waals surface area contributed by atoms with E-state index >= 15 is 4.39 Å². The van der Waals surface area contributed by atoms with Crippen molar-refractivity contribution < 1.29 is 37.0 Å². The van der Waals surface area contributed by atoms with Gasteiger partial charge in [-0.15, -0.1) is 0 Å². The van der Waals surface area contributed by atoms with E-state index in [1.165, 1.54) is 13.2 Å². The predicted molar refractivity (Wildman–Crippen MR) is 177 cm³/mol. The van der Waals surface area contributed by atoms with Gasteiger partial charge in [0.05, 0.1) is 28.1 Å². The first-order chi connectivity index (χ1) is 22.2. The molecule has 2 aromatic rings. The van der Waals surface area contributed by atoms with Crippen LogP contribution in [0.4, 0.5) is 10.1 Å². The number of aldehydes is 1. The minimum absolute atomic E-state index is 0.0161. The molecule has 4 aliphatic rings. The van der Waals surface area contributed by atoms with E-state index in [1.54, 1.807) is 25.1 Å². The number of carboxylic acid groups (broad SMARTS) is 1. The molecule has 1 heterocycles. The van der Waals surface area contributed by atoms with Crippen LogP contribution >= 0.6 is 11.6 Å². The molecule has 0 aromatic heterocycles. The molecule has 2 aromatic carbocycles. The van der Waals surface area contributed by atoms with Crippen LogP contribution in [-0.4, -0.2) is 63.4 Å². The van der Waals surface area contributed by atoms with Crippen molar-refractivity contribution >= 4 is 39.6 Å². The van der Waals surface area contributed by atoms with Crippen molar-refractivity contribution in [3.8, 4) is 5.75 Å². The Morgan fingerprint density at radius 1 is 1.30 bits per heavy atom. The smallest absolute Gasteiger partial charge is 0.335 e. The second kappa shape index (κ2) is 12.5. The molecule has 3 N–H and O–H groups in total. The van der Waals surface area contributed by atoms with Crippen LogP contribution in [-0.2, 0) is 31.4 Å². The number of hydrogen-bond acceptors (Lipinski definition) is 7. The monoisotopic (exact) mass is 688 g/mol. The molecule has 0 radical (unpaired) electrons. The quantitative estimate of drug-likeness (QED) is 0.246. The summed E-state index contributed by atoms with van der Waals surface area (Å²) in [5.41, 5.74) is 1.37. The first-order valence-electron chi connectivity index (χ1n) is 16.2. The molecule has 6 rings (SSSR count). The Labute approximate surface area is 280 Å². The van der Waals surface area contributed by atoms with Crippen LogP contribution in [0.1, 0.15) is 67.4 Å². The molecule has 12 heteroatoms. The number of fused-ring (bicyclic) bond motifs is 3. The van der Waals surface area contributed by atoms with Crippen LogP contribution in [0.5, 0.6) is 5.75 Å². The lowest BCUT2D eigenvalue weighted by Crippen LogP contribution is -2.56. The fourth-order valence-corrected chi connectivity index (χ4v) is 9.38. The molecule has 3 aliphatic carbocycles. The molecule has 9 nitrogen and oxygen atoms in total. The first kappa shape index (κ1) is 33.9. The van der Waals surface area contributed by atoms with Crippen molar-refractivity contribution in [1.82, 2.24) is 0 Å². The van der Waals surface area contributed by atoms with E-state index in [4.69, 9.17) is 26.2 Å². The van der Waals surface area contributed by atoms with Crippen molar-refractivity contribution in [2.45, 2.75) is 68.6 Å². The number of primary sulfonamides is 1. The van der Waals surface area contributed by atoms with Crippen molar-refractivity contribution in [2.24, 2.45) is 28.8 Å². The highest BCUT2D eigenvalue weighted by Gasteiger charge is 2.54. The van der Waals surface area contributed by atoms with Crippen LogP contribution in [0.3, 0.4) is 0 Å². The number of hydrogen-bond donors (Lipinski definition) is 2. The summed E-state index contributed by atoms with van der Waals surface area (Å²) in [6.45, 7) is 4.74. The Balaban J connectivity index is 1.33. The lowest BCUT2D eigenvalue weighted by atomic mass is 9.58. The summed E-state index contributed by atoms with van der Waals surface area (Å²) in [6.07, 6.45) is 7.06. The fraction of sp³-hybridized carbons (Fsp3) is 0.543. The second-order valence-corrected chi connectivity index (χ2v) is 16.3. The van der Waals surface area contributed by atoms with Crippen LogP contribution in [0.15, 0.2) is 42.0 Å². The summed E-state index contributed by atoms with van der Waals surface area (Å²) < 4.78 is 51.8. The number of rotatable bonds is 10. The van der Waals surface area contributed by atoms with Gasteiger partial charge in [0.15, 0.2) is 6.29 Å². The summed E-state index contributed by atoms with van der Waals surface area (Å²) in [4.78, 5) is 27.1. The Morgan fingerprint density at radius 2 is 2.04 bits per heavy atom. The zero-order chi connectivity index (χ0) is 33.9. The van der Waals surface area contributed by atoms with E-state index in [2.05, 4.69) is 4.90 Å². The highest BCUT2D eigenvalue weighted by atomic mass is 35.5. The number of methoxy groups -OCH3 is 1. The lowest BCUT2D eigenvalue weighted by Gasteiger charge is -2.52. The van der Waals surface area contributed by atoms with Gasteiger partial charge in [0.25, 0.3) is 0 Å². The van der Waals surface area contributed by atoms with E-state index in [9.17, 15) is 23.1 Å². The van der Waals surface area contributed by atoms with Crippen LogP contribution in [0.2, 0.25) is 5.02 Å². The fourth-order valence-electron chi connectivity index (χ4n) is 8.40. The average molecular weight is 689 g/mol. The number of allylic oxidation sites excluding steroid dienone is 1. The number of nitrogens with zero attached hydrogens (tertiary/aromatic N) is 1. The molecule has 0 saturated heterocycles. The van der Waals surface area contributed by atoms with E-state index in [1.807, 2.05) is 19.1 Å². The van der Waals surface area contributed by atoms with E-state index in [0.29, 0.717) is 49.5 Å². The van der Waals surface area contributed by atoms with Gasteiger partial charge in [-0.25, -0.2) is 22.7 Å². The Morgan fingerprint density at radius 3 is 2.66 bits per heavy atom. The van der Waals surface area contributed by atoms with Gasteiger partial charge in [0.1, 0.15) is 17.2 Å². The van der Waals surface area contributed by atoms with Crippen LogP contribution < -0.4 is 14.8 Å². The van der Waals surface area contributed by atoms with E-state index in [0.717, 1.165) is 43.1 Å². The maximum Gasteiger partial charge on any atom is 0.335 e. The van der Waals surface area contributed by atoms with E-state index in [-0.39, 0.29) is 34.3 Å². The lowest BCUT2D eigenvalue weighted by molar-refractivity contribution is -0.139. The number of aromatic carboxylic acids is 1. The molecule has 254 valence electrons. The summed E-state index contributed by atoms with van der Waals surface area (Å²) in [5, 5.41) is 14.6. The molecular weight excluding hydrogens is 647 g/mol. The van der Waals surface area contributed by atoms with E-state index < -0.39 is 38.1 Å². The van der Waals surface area contributed by atoms with Crippen molar-refractivity contribution in [3.63, 3.8) is 0 Å². The molecule has 1 aliphatic heterocycles. The molecular formula is C35H42ClFN2O7S. The van der Waals surface area contributed by atoms with Gasteiger partial charge >= 0.3 is 5.97 Å². The third kappa shape index (κ3) is 5.77. The summed E-state index contributed by atoms with van der Waals surface area (Å²) in [6, 6.07) is 8.33. The number of benzene rings is 2. The number of ether oxygens (including phenoxy) is 2. The van der Waals surface area contributed by atoms with Crippen molar-refractivity contribution in [1.29, 1.82) is 0 Å². The second-order valence-electron chi connectivity index (χ2n) is 14.0. The number of anilines is 1. The zero-order valence-corrected chi connectivity index (χ0v) is 28.5. The minimum Gasteiger partial charge on any atom is -0.490 e. The number of carboxylic acids is 1. The normalized spacial score (nSPS) is 27.8. The Kier molecular flexibility index (Phi) is 8.99. The minimum atomic E-state index is -3.70. The first-order valence-corrected chi connectivity index (χ1v) is 18.2. The van der Waals surface area contributed by atoms with Gasteiger partial charge in [0, 0.05) is 31.5 Å². The predicted octanol–water partition coefficient (Wildman–Crippen LogP) is 5.52. The maximum atomic E-state index is 15.3. The SMILES string of the molecule is CO[C@@](C=O)(C1=C[C@H]([C@H](C)[C@@H](C)S(N)(=O)=O)C1)[C@@H]1CC[C@H]1CN1C[C@@]2(CCCc3c2ccc(Cl)c3F)COc2ccc(C(=O)O)cc21. The molecule has 1 spiro atoms. The van der Waals surface area contributed by atoms with Gasteiger partial charge in [0.2, 0.25) is 10.0 Å². The number of nitrogens with two attached hydrogens (primary N) is 1. The number of sulfonamides is 1. The van der Waals surface area contributed by atoms with Gasteiger partial charge in [-0.2, -0.15) is 0 Å². The maximum absolute atomic E-state index is 15.3. The van der Waals surface area contributed by atoms with Crippen molar-refractivity contribution in [2.75, 3.05) is 31.7 Å². The molecule has 1 fully saturated rings. The van der Waals surface area contributed by atoms with Crippen molar-refractivity contribution in [3.05, 3.63) is 69.5 Å². The van der Waals surface area contributed by atoms with Crippen LogP contribution in [0.25, 0.3) is 0 Å². The number of carbonyl (C=O) groups excluding carboxylic acids is 1. The Hall–Kier alpha value is -2.99.